The maximum Gasteiger partial charge on any atom is 0.0255 e. The van der Waals surface area contributed by atoms with Gasteiger partial charge in [0.1, 0.15) is 0 Å². The van der Waals surface area contributed by atoms with Gasteiger partial charge in [0.15, 0.2) is 0 Å². The molecular weight excluding hydrogens is 156 g/mol. The van der Waals surface area contributed by atoms with E-state index >= 15 is 0 Å². The molecule has 0 heterocycles. The minimum Gasteiger partial charge on any atom is -0.271 e. The van der Waals surface area contributed by atoms with Crippen molar-refractivity contribution in [2.24, 2.45) is 5.84 Å². The third-order valence-electron chi connectivity index (χ3n) is 1.50. The molecule has 0 aromatic rings. The Morgan fingerprint density at radius 1 is 1.73 bits per heavy atom. The zero-order valence-corrected chi connectivity index (χ0v) is 8.21. The summed E-state index contributed by atoms with van der Waals surface area (Å²) in [6.45, 7) is 5.88. The molecule has 1 atom stereocenters. The van der Waals surface area contributed by atoms with Crippen molar-refractivity contribution in [1.82, 2.24) is 5.43 Å². The van der Waals surface area contributed by atoms with Gasteiger partial charge in [-0.25, -0.2) is 0 Å². The van der Waals surface area contributed by atoms with Crippen LogP contribution in [0.4, 0.5) is 0 Å². The molecule has 0 aromatic heterocycles. The van der Waals surface area contributed by atoms with Crippen LogP contribution in [-0.2, 0) is 0 Å². The summed E-state index contributed by atoms with van der Waals surface area (Å²) in [5.41, 5.74) is 3.98. The molecule has 0 aliphatic carbocycles. The molecule has 0 spiro atoms. The molecule has 0 aromatic carbocycles. The van der Waals surface area contributed by atoms with E-state index in [4.69, 9.17) is 5.84 Å². The maximum atomic E-state index is 5.36. The van der Waals surface area contributed by atoms with Crippen LogP contribution in [-0.4, -0.2) is 18.1 Å². The smallest absolute Gasteiger partial charge is 0.0255 e. The lowest BCUT2D eigenvalue weighted by Crippen LogP contribution is -2.35. The summed E-state index contributed by atoms with van der Waals surface area (Å²) in [5, 5.41) is 0. The first-order chi connectivity index (χ1) is 5.20. The predicted molar refractivity (Wildman–Crippen MR) is 53.5 cm³/mol. The Morgan fingerprint density at radius 2 is 2.36 bits per heavy atom. The van der Waals surface area contributed by atoms with Gasteiger partial charge in [0.05, 0.1) is 0 Å². The lowest BCUT2D eigenvalue weighted by Gasteiger charge is -2.14. The van der Waals surface area contributed by atoms with E-state index in [0.29, 0.717) is 6.04 Å². The summed E-state index contributed by atoms with van der Waals surface area (Å²) < 4.78 is 0. The van der Waals surface area contributed by atoms with Crippen LogP contribution in [0.1, 0.15) is 19.8 Å². The molecule has 3 N–H and O–H groups in total. The van der Waals surface area contributed by atoms with E-state index < -0.39 is 0 Å². The fourth-order valence-corrected chi connectivity index (χ4v) is 1.45. The van der Waals surface area contributed by atoms with Gasteiger partial charge in [0, 0.05) is 6.04 Å². The highest BCUT2D eigenvalue weighted by Crippen LogP contribution is 2.07. The monoisotopic (exact) mass is 174 g/mol. The summed E-state index contributed by atoms with van der Waals surface area (Å²) in [6.07, 6.45) is 4.20. The van der Waals surface area contributed by atoms with Gasteiger partial charge in [-0.3, -0.25) is 11.3 Å². The first-order valence-electron chi connectivity index (χ1n) is 3.80. The van der Waals surface area contributed by atoms with Crippen LogP contribution in [0.2, 0.25) is 0 Å². The van der Waals surface area contributed by atoms with Crippen LogP contribution < -0.4 is 11.3 Å². The zero-order valence-electron chi connectivity index (χ0n) is 7.39. The van der Waals surface area contributed by atoms with Gasteiger partial charge in [0.25, 0.3) is 0 Å². The second-order valence-electron chi connectivity index (χ2n) is 2.81. The van der Waals surface area contributed by atoms with Gasteiger partial charge in [-0.05, 0) is 31.8 Å². The average molecular weight is 174 g/mol. The van der Waals surface area contributed by atoms with Crippen molar-refractivity contribution < 1.29 is 0 Å². The summed E-state index contributed by atoms with van der Waals surface area (Å²) >= 11 is 1.85. The van der Waals surface area contributed by atoms with Crippen LogP contribution in [0.3, 0.4) is 0 Å². The molecule has 0 rings (SSSR count). The Labute approximate surface area is 73.6 Å². The van der Waals surface area contributed by atoms with Gasteiger partial charge < -0.3 is 0 Å². The van der Waals surface area contributed by atoms with Crippen molar-refractivity contribution in [2.45, 2.75) is 25.8 Å². The van der Waals surface area contributed by atoms with Crippen LogP contribution in [0, 0.1) is 0 Å². The highest BCUT2D eigenvalue weighted by molar-refractivity contribution is 7.98. The third kappa shape index (κ3) is 6.41. The van der Waals surface area contributed by atoms with E-state index in [-0.39, 0.29) is 0 Å². The van der Waals surface area contributed by atoms with Gasteiger partial charge >= 0.3 is 0 Å². The van der Waals surface area contributed by atoms with Crippen molar-refractivity contribution >= 4 is 11.8 Å². The topological polar surface area (TPSA) is 38.0 Å². The average Bonchev–Trinajstić information content (AvgIpc) is 1.97. The van der Waals surface area contributed by atoms with Gasteiger partial charge in [-0.15, -0.1) is 6.58 Å². The number of hydrogen-bond acceptors (Lipinski definition) is 3. The van der Waals surface area contributed by atoms with Gasteiger partial charge in [-0.1, -0.05) is 5.57 Å². The van der Waals surface area contributed by atoms with E-state index in [1.165, 1.54) is 5.57 Å². The fourth-order valence-electron chi connectivity index (χ4n) is 0.925. The molecule has 0 fully saturated rings. The van der Waals surface area contributed by atoms with E-state index in [9.17, 15) is 0 Å². The SMILES string of the molecule is C=C(C)CC(CCSC)NN. The van der Waals surface area contributed by atoms with Crippen molar-refractivity contribution in [3.8, 4) is 0 Å². The molecule has 0 bridgehead atoms. The lowest BCUT2D eigenvalue weighted by molar-refractivity contribution is 0.513. The first-order valence-corrected chi connectivity index (χ1v) is 5.19. The van der Waals surface area contributed by atoms with E-state index in [1.807, 2.05) is 18.7 Å². The summed E-state index contributed by atoms with van der Waals surface area (Å²) in [6, 6.07) is 0.403. The Bertz CT molecular complexity index is 115. The lowest BCUT2D eigenvalue weighted by atomic mass is 10.1. The van der Waals surface area contributed by atoms with E-state index in [0.717, 1.165) is 18.6 Å². The molecule has 3 heteroatoms. The number of thioether (sulfide) groups is 1. The minimum atomic E-state index is 0.403. The molecule has 0 saturated carbocycles. The standard InChI is InChI=1S/C8H18N2S/c1-7(2)6-8(10-9)4-5-11-3/h8,10H,1,4-6,9H2,2-3H3. The molecule has 0 amide bonds. The van der Waals surface area contributed by atoms with E-state index in [2.05, 4.69) is 18.3 Å². The highest BCUT2D eigenvalue weighted by Gasteiger charge is 2.04. The van der Waals surface area contributed by atoms with E-state index in [1.54, 1.807) is 0 Å². The molecule has 1 unspecified atom stereocenters. The molecule has 66 valence electrons. The second kappa shape index (κ2) is 6.70. The van der Waals surface area contributed by atoms with Crippen molar-refractivity contribution in [1.29, 1.82) is 0 Å². The van der Waals surface area contributed by atoms with Crippen molar-refractivity contribution in [3.05, 3.63) is 12.2 Å². The third-order valence-corrected chi connectivity index (χ3v) is 2.14. The highest BCUT2D eigenvalue weighted by atomic mass is 32.2. The second-order valence-corrected chi connectivity index (χ2v) is 3.79. The molecule has 11 heavy (non-hydrogen) atoms. The summed E-state index contributed by atoms with van der Waals surface area (Å²) in [5.74, 6) is 6.52. The normalized spacial score (nSPS) is 13.0. The Kier molecular flexibility index (Phi) is 6.71. The van der Waals surface area contributed by atoms with Crippen LogP contribution >= 0.6 is 11.8 Å². The fraction of sp³-hybridized carbons (Fsp3) is 0.750. The van der Waals surface area contributed by atoms with Crippen LogP contribution in [0.25, 0.3) is 0 Å². The number of hydrogen-bond donors (Lipinski definition) is 2. The molecular formula is C8H18N2S. The summed E-state index contributed by atoms with van der Waals surface area (Å²) in [7, 11) is 0. The first kappa shape index (κ1) is 11.0. The molecule has 2 nitrogen and oxygen atoms in total. The minimum absolute atomic E-state index is 0.403. The van der Waals surface area contributed by atoms with Gasteiger partial charge in [-0.2, -0.15) is 11.8 Å². The van der Waals surface area contributed by atoms with Crippen LogP contribution in [0.5, 0.6) is 0 Å². The number of nitrogens with one attached hydrogen (secondary N) is 1. The molecule has 0 aliphatic rings. The predicted octanol–water partition coefficient (Wildman–Crippen LogP) is 1.54. The Balaban J connectivity index is 3.49. The summed E-state index contributed by atoms with van der Waals surface area (Å²) in [4.78, 5) is 0. The largest absolute Gasteiger partial charge is 0.271 e. The maximum absolute atomic E-state index is 5.36. The zero-order chi connectivity index (χ0) is 8.69. The molecule has 0 saturated heterocycles. The Hall–Kier alpha value is 0.01000. The number of rotatable bonds is 6. The van der Waals surface area contributed by atoms with Crippen molar-refractivity contribution in [2.75, 3.05) is 12.0 Å². The number of hydrazine groups is 1. The Morgan fingerprint density at radius 3 is 2.73 bits per heavy atom. The van der Waals surface area contributed by atoms with Crippen LogP contribution in [0.15, 0.2) is 12.2 Å². The quantitative estimate of drug-likeness (QED) is 0.364. The van der Waals surface area contributed by atoms with Gasteiger partial charge in [0.2, 0.25) is 0 Å². The van der Waals surface area contributed by atoms with Crippen molar-refractivity contribution in [3.63, 3.8) is 0 Å². The molecule has 0 aliphatic heterocycles. The number of nitrogens with two attached hydrogens (primary N) is 1. The molecule has 0 radical (unpaired) electrons.